The van der Waals surface area contributed by atoms with Crippen LogP contribution in [0, 0.1) is 0 Å². The summed E-state index contributed by atoms with van der Waals surface area (Å²) in [6, 6.07) is 10.5. The highest BCUT2D eigenvalue weighted by molar-refractivity contribution is 5.88. The van der Waals surface area contributed by atoms with E-state index in [0.717, 1.165) is 18.1 Å². The zero-order valence-corrected chi connectivity index (χ0v) is 14.0. The molecule has 25 heavy (non-hydrogen) atoms. The molecule has 1 heterocycles. The van der Waals surface area contributed by atoms with E-state index in [9.17, 15) is 9.59 Å². The monoisotopic (exact) mass is 347 g/mol. The van der Waals surface area contributed by atoms with Crippen molar-refractivity contribution < 1.29 is 30.0 Å². The number of hydrogen-bond acceptors (Lipinski definition) is 5. The van der Waals surface area contributed by atoms with Crippen LogP contribution in [0.25, 0.3) is 11.1 Å². The van der Waals surface area contributed by atoms with E-state index in [2.05, 4.69) is 4.98 Å². The number of rotatable bonds is 5. The molecule has 0 saturated heterocycles. The van der Waals surface area contributed by atoms with Crippen molar-refractivity contribution in [3.63, 3.8) is 0 Å². The average Bonchev–Trinajstić information content (AvgIpc) is 2.55. The average molecular weight is 347 g/mol. The van der Waals surface area contributed by atoms with Crippen LogP contribution in [0.1, 0.15) is 30.6 Å². The molecule has 2 rings (SSSR count). The van der Waals surface area contributed by atoms with Crippen molar-refractivity contribution in [2.75, 3.05) is 0 Å². The van der Waals surface area contributed by atoms with Crippen LogP contribution in [-0.4, -0.2) is 49.1 Å². The molecule has 0 amide bonds. The zero-order valence-electron chi connectivity index (χ0n) is 14.0. The van der Waals surface area contributed by atoms with E-state index in [1.165, 1.54) is 6.92 Å². The molecule has 0 spiro atoms. The van der Waals surface area contributed by atoms with Gasteiger partial charge in [-0.15, -0.1) is 0 Å². The second-order valence-electron chi connectivity index (χ2n) is 5.75. The largest absolute Gasteiger partial charge is 0.479 e. The minimum absolute atomic E-state index is 0.150. The third kappa shape index (κ3) is 6.70. The van der Waals surface area contributed by atoms with Gasteiger partial charge < -0.3 is 20.4 Å². The lowest BCUT2D eigenvalue weighted by molar-refractivity contribution is -0.159. The third-order valence-electron chi connectivity index (χ3n) is 3.30. The summed E-state index contributed by atoms with van der Waals surface area (Å²) in [7, 11) is 0. The Bertz CT molecular complexity index is 695. The van der Waals surface area contributed by atoms with Crippen molar-refractivity contribution in [3.8, 4) is 11.1 Å². The summed E-state index contributed by atoms with van der Waals surface area (Å²) in [5, 5.41) is 34.8. The van der Waals surface area contributed by atoms with Gasteiger partial charge in [0.1, 0.15) is 0 Å². The molecule has 134 valence electrons. The van der Waals surface area contributed by atoms with Gasteiger partial charge in [0.2, 0.25) is 0 Å². The van der Waals surface area contributed by atoms with Gasteiger partial charge >= 0.3 is 11.9 Å². The number of carbonyl (C=O) groups is 2. The molecule has 0 aliphatic heterocycles. The second kappa shape index (κ2) is 8.91. The van der Waals surface area contributed by atoms with Crippen molar-refractivity contribution in [1.29, 1.82) is 0 Å². The predicted molar refractivity (Wildman–Crippen MR) is 91.2 cm³/mol. The number of pyridine rings is 1. The number of benzene rings is 1. The van der Waals surface area contributed by atoms with Crippen LogP contribution < -0.4 is 0 Å². The summed E-state index contributed by atoms with van der Waals surface area (Å²) in [5.41, 5.74) is 0.505. The Morgan fingerprint density at radius 1 is 1.04 bits per heavy atom. The Morgan fingerprint density at radius 2 is 1.52 bits per heavy atom. The fourth-order valence-electron chi connectivity index (χ4n) is 2.01. The number of carboxylic acid groups (broad SMARTS) is 2. The second-order valence-corrected chi connectivity index (χ2v) is 5.75. The van der Waals surface area contributed by atoms with Crippen molar-refractivity contribution >= 4 is 11.9 Å². The minimum atomic E-state index is -1.81. The Labute approximate surface area is 145 Å². The molecule has 4 N–H and O–H groups in total. The van der Waals surface area contributed by atoms with Gasteiger partial charge in [-0.2, -0.15) is 0 Å². The van der Waals surface area contributed by atoms with E-state index in [0.29, 0.717) is 5.56 Å². The number of aromatic carboxylic acids is 1. The molecule has 1 aromatic carbocycles. The van der Waals surface area contributed by atoms with Crippen molar-refractivity contribution in [2.24, 2.45) is 0 Å². The lowest BCUT2D eigenvalue weighted by atomic mass is 10.00. The third-order valence-corrected chi connectivity index (χ3v) is 3.30. The molecule has 2 aromatic rings. The van der Waals surface area contributed by atoms with Crippen LogP contribution in [0.4, 0.5) is 0 Å². The smallest absolute Gasteiger partial charge is 0.335 e. The van der Waals surface area contributed by atoms with Gasteiger partial charge in [0.25, 0.3) is 0 Å². The number of aromatic nitrogens is 1. The lowest BCUT2D eigenvalue weighted by Crippen LogP contribution is -2.37. The molecule has 0 aliphatic carbocycles. The van der Waals surface area contributed by atoms with E-state index in [-0.39, 0.29) is 6.42 Å². The van der Waals surface area contributed by atoms with Gasteiger partial charge in [0.05, 0.1) is 11.7 Å². The maximum absolute atomic E-state index is 10.6. The Kier molecular flexibility index (Phi) is 7.22. The van der Waals surface area contributed by atoms with E-state index in [4.69, 9.17) is 20.4 Å². The molecule has 0 aliphatic rings. The summed E-state index contributed by atoms with van der Waals surface area (Å²) in [6.07, 6.45) is 2.47. The molecule has 0 saturated carbocycles. The fourth-order valence-corrected chi connectivity index (χ4v) is 2.01. The van der Waals surface area contributed by atoms with Gasteiger partial charge in [-0.05, 0) is 49.2 Å². The summed E-state index contributed by atoms with van der Waals surface area (Å²) < 4.78 is 0. The number of aliphatic hydroxyl groups excluding tert-OH is 1. The number of carboxylic acids is 2. The zero-order chi connectivity index (χ0) is 19.0. The number of hydrogen-bond donors (Lipinski definition) is 4. The Hall–Kier alpha value is -2.77. The first kappa shape index (κ1) is 20.3. The standard InChI is InChI=1S/C12H9NO2.C6H12O4/c14-12(15)11-3-1-9(2-4-11)10-5-7-13-8-6-10;1-4(7)3-6(2,10)5(8)9/h1-8H,(H,14,15);4,7,10H,3H2,1-2H3,(H,8,9). The predicted octanol–water partition coefficient (Wildman–Crippen LogP) is 2.04. The summed E-state index contributed by atoms with van der Waals surface area (Å²) in [4.78, 5) is 24.8. The first-order valence-electron chi connectivity index (χ1n) is 7.51. The molecular weight excluding hydrogens is 326 g/mol. The van der Waals surface area contributed by atoms with E-state index in [1.54, 1.807) is 36.7 Å². The van der Waals surface area contributed by atoms with Crippen molar-refractivity contribution in [1.82, 2.24) is 4.98 Å². The highest BCUT2D eigenvalue weighted by Crippen LogP contribution is 2.18. The van der Waals surface area contributed by atoms with E-state index in [1.807, 2.05) is 12.1 Å². The van der Waals surface area contributed by atoms with Crippen molar-refractivity contribution in [2.45, 2.75) is 32.0 Å². The molecule has 7 heteroatoms. The maximum atomic E-state index is 10.6. The van der Waals surface area contributed by atoms with Gasteiger partial charge in [-0.3, -0.25) is 4.98 Å². The summed E-state index contributed by atoms with van der Waals surface area (Å²) in [5.74, 6) is -2.22. The molecule has 0 bridgehead atoms. The normalized spacial score (nSPS) is 13.8. The summed E-state index contributed by atoms with van der Waals surface area (Å²) >= 11 is 0. The number of aliphatic hydroxyl groups is 2. The highest BCUT2D eigenvalue weighted by atomic mass is 16.4. The number of nitrogens with zero attached hydrogens (tertiary/aromatic N) is 1. The molecule has 2 atom stereocenters. The first-order chi connectivity index (χ1) is 11.6. The topological polar surface area (TPSA) is 128 Å². The summed E-state index contributed by atoms with van der Waals surface area (Å²) in [6.45, 7) is 2.58. The van der Waals surface area contributed by atoms with Gasteiger partial charge in [-0.1, -0.05) is 12.1 Å². The molecule has 0 fully saturated rings. The molecule has 1 aromatic heterocycles. The molecule has 7 nitrogen and oxygen atoms in total. The van der Waals surface area contributed by atoms with Gasteiger partial charge in [-0.25, -0.2) is 9.59 Å². The van der Waals surface area contributed by atoms with Crippen LogP contribution in [0.5, 0.6) is 0 Å². The van der Waals surface area contributed by atoms with Gasteiger partial charge in [0.15, 0.2) is 5.60 Å². The highest BCUT2D eigenvalue weighted by Gasteiger charge is 2.30. The molecule has 2 unspecified atom stereocenters. The van der Waals surface area contributed by atoms with Crippen LogP contribution in [0.2, 0.25) is 0 Å². The molecule has 0 radical (unpaired) electrons. The molecular formula is C18H21NO6. The van der Waals surface area contributed by atoms with Crippen molar-refractivity contribution in [3.05, 3.63) is 54.4 Å². The Balaban J connectivity index is 0.000000275. The number of aliphatic carboxylic acids is 1. The minimum Gasteiger partial charge on any atom is -0.479 e. The van der Waals surface area contributed by atoms with E-state index >= 15 is 0 Å². The van der Waals surface area contributed by atoms with Crippen LogP contribution in [0.3, 0.4) is 0 Å². The van der Waals surface area contributed by atoms with Crippen LogP contribution in [0.15, 0.2) is 48.8 Å². The maximum Gasteiger partial charge on any atom is 0.335 e. The van der Waals surface area contributed by atoms with Crippen LogP contribution in [-0.2, 0) is 4.79 Å². The van der Waals surface area contributed by atoms with Gasteiger partial charge in [0, 0.05) is 18.8 Å². The Morgan fingerprint density at radius 3 is 1.88 bits per heavy atom. The first-order valence-corrected chi connectivity index (χ1v) is 7.51. The fraction of sp³-hybridized carbons (Fsp3) is 0.278. The van der Waals surface area contributed by atoms with Crippen LogP contribution >= 0.6 is 0 Å². The quantitative estimate of drug-likeness (QED) is 0.651. The lowest BCUT2D eigenvalue weighted by Gasteiger charge is -2.18. The SMILES string of the molecule is CC(O)CC(C)(O)C(=O)O.O=C(O)c1ccc(-c2ccncc2)cc1. The van der Waals surface area contributed by atoms with E-state index < -0.39 is 23.6 Å².